The molecule has 1 heterocycles. The van der Waals surface area contributed by atoms with Crippen molar-refractivity contribution in [2.75, 3.05) is 27.2 Å². The fourth-order valence-corrected chi connectivity index (χ4v) is 2.70. The van der Waals surface area contributed by atoms with Crippen LogP contribution in [0.1, 0.15) is 30.9 Å². The number of para-hydroxylation sites is 1. The van der Waals surface area contributed by atoms with E-state index in [2.05, 4.69) is 46.3 Å². The number of hydrogen-bond acceptors (Lipinski definition) is 3. The minimum absolute atomic E-state index is 0. The predicted molar refractivity (Wildman–Crippen MR) is 117 cm³/mol. The van der Waals surface area contributed by atoms with Crippen LogP contribution in [0.2, 0.25) is 0 Å². The molecule has 1 aromatic carbocycles. The first-order chi connectivity index (χ1) is 12.0. The van der Waals surface area contributed by atoms with E-state index < -0.39 is 0 Å². The summed E-state index contributed by atoms with van der Waals surface area (Å²) in [6.45, 7) is 6.38. The summed E-state index contributed by atoms with van der Waals surface area (Å²) >= 11 is 0. The lowest BCUT2D eigenvalue weighted by atomic mass is 10.0. The van der Waals surface area contributed by atoms with Crippen molar-refractivity contribution in [3.8, 4) is 5.75 Å². The van der Waals surface area contributed by atoms with Crippen molar-refractivity contribution in [1.82, 2.24) is 20.0 Å². The Hall–Kier alpha value is -1.77. The first kappa shape index (κ1) is 22.3. The van der Waals surface area contributed by atoms with E-state index in [0.717, 1.165) is 23.8 Å². The van der Waals surface area contributed by atoms with Crippen LogP contribution in [0.4, 0.5) is 0 Å². The monoisotopic (exact) mass is 471 g/mol. The number of aryl methyl sites for hydroxylation is 1. The van der Waals surface area contributed by atoms with Crippen molar-refractivity contribution >= 4 is 29.9 Å². The van der Waals surface area contributed by atoms with Gasteiger partial charge in [-0.3, -0.25) is 9.67 Å². The Balaban J connectivity index is 0.00000338. The minimum Gasteiger partial charge on any atom is -0.491 e. The topological polar surface area (TPSA) is 54.7 Å². The number of nitrogens with zero attached hydrogens (tertiary/aromatic N) is 4. The molecule has 0 atom stereocenters. The number of rotatable bonds is 7. The Kier molecular flexibility index (Phi) is 9.47. The molecule has 7 heteroatoms. The number of halogens is 1. The standard InChI is InChI=1S/C19H29N5O.HI/c1-15(2)17-8-6-7-9-18(17)25-11-10-21-19(20-3)23(4)13-16-12-22-24(5)14-16;/h6-9,12,14-15H,10-11,13H2,1-5H3,(H,20,21);1H. The second-order valence-electron chi connectivity index (χ2n) is 6.39. The van der Waals surface area contributed by atoms with Gasteiger partial charge in [-0.25, -0.2) is 0 Å². The van der Waals surface area contributed by atoms with E-state index in [9.17, 15) is 0 Å². The van der Waals surface area contributed by atoms with Gasteiger partial charge in [0.25, 0.3) is 0 Å². The summed E-state index contributed by atoms with van der Waals surface area (Å²) in [4.78, 5) is 6.40. The highest BCUT2D eigenvalue weighted by molar-refractivity contribution is 14.0. The Labute approximate surface area is 173 Å². The van der Waals surface area contributed by atoms with Crippen LogP contribution in [0.15, 0.2) is 41.7 Å². The molecule has 0 aliphatic heterocycles. The fourth-order valence-electron chi connectivity index (χ4n) is 2.70. The Morgan fingerprint density at radius 3 is 2.69 bits per heavy atom. The SMILES string of the molecule is CN=C(NCCOc1ccccc1C(C)C)N(C)Cc1cnn(C)c1.I. The van der Waals surface area contributed by atoms with E-state index in [4.69, 9.17) is 4.74 Å². The van der Waals surface area contributed by atoms with Gasteiger partial charge in [0, 0.05) is 39.4 Å². The Bertz CT molecular complexity index is 699. The van der Waals surface area contributed by atoms with E-state index in [1.54, 1.807) is 11.7 Å². The van der Waals surface area contributed by atoms with E-state index in [-0.39, 0.29) is 24.0 Å². The second kappa shape index (κ2) is 11.1. The molecule has 0 fully saturated rings. The fraction of sp³-hybridized carbons (Fsp3) is 0.474. The number of aliphatic imine (C=N–C) groups is 1. The molecule has 0 amide bonds. The van der Waals surface area contributed by atoms with E-state index in [1.165, 1.54) is 5.56 Å². The lowest BCUT2D eigenvalue weighted by Gasteiger charge is -2.21. The van der Waals surface area contributed by atoms with Crippen LogP contribution in [0.3, 0.4) is 0 Å². The van der Waals surface area contributed by atoms with Crippen molar-refractivity contribution < 1.29 is 4.74 Å². The van der Waals surface area contributed by atoms with E-state index in [1.807, 2.05) is 38.6 Å². The average molecular weight is 471 g/mol. The first-order valence-electron chi connectivity index (χ1n) is 8.62. The van der Waals surface area contributed by atoms with Gasteiger partial charge in [0.05, 0.1) is 12.7 Å². The van der Waals surface area contributed by atoms with Gasteiger partial charge in [-0.2, -0.15) is 5.10 Å². The Morgan fingerprint density at radius 1 is 1.35 bits per heavy atom. The molecule has 6 nitrogen and oxygen atoms in total. The lowest BCUT2D eigenvalue weighted by Crippen LogP contribution is -2.40. The van der Waals surface area contributed by atoms with E-state index >= 15 is 0 Å². The quantitative estimate of drug-likeness (QED) is 0.292. The zero-order valence-corrected chi connectivity index (χ0v) is 18.6. The zero-order chi connectivity index (χ0) is 18.2. The average Bonchev–Trinajstić information content (AvgIpc) is 2.99. The van der Waals surface area contributed by atoms with Crippen LogP contribution < -0.4 is 10.1 Å². The number of ether oxygens (including phenoxy) is 1. The molecule has 0 radical (unpaired) electrons. The maximum absolute atomic E-state index is 5.95. The van der Waals surface area contributed by atoms with Gasteiger partial charge in [-0.1, -0.05) is 32.0 Å². The number of aromatic nitrogens is 2. The second-order valence-corrected chi connectivity index (χ2v) is 6.39. The van der Waals surface area contributed by atoms with Gasteiger partial charge in [-0.15, -0.1) is 24.0 Å². The highest BCUT2D eigenvalue weighted by atomic mass is 127. The zero-order valence-electron chi connectivity index (χ0n) is 16.3. The van der Waals surface area contributed by atoms with Crippen molar-refractivity contribution in [3.05, 3.63) is 47.8 Å². The molecule has 0 spiro atoms. The summed E-state index contributed by atoms with van der Waals surface area (Å²) in [6.07, 6.45) is 3.88. The molecule has 2 rings (SSSR count). The number of guanidine groups is 1. The van der Waals surface area contributed by atoms with Crippen molar-refractivity contribution in [2.24, 2.45) is 12.0 Å². The van der Waals surface area contributed by atoms with Crippen LogP contribution in [0, 0.1) is 0 Å². The molecule has 1 N–H and O–H groups in total. The molecule has 0 aliphatic rings. The Morgan fingerprint density at radius 2 is 2.08 bits per heavy atom. The van der Waals surface area contributed by atoms with Gasteiger partial charge in [0.1, 0.15) is 12.4 Å². The van der Waals surface area contributed by atoms with Crippen molar-refractivity contribution in [1.29, 1.82) is 0 Å². The molecular weight excluding hydrogens is 441 g/mol. The third kappa shape index (κ3) is 6.51. The molecule has 26 heavy (non-hydrogen) atoms. The number of benzene rings is 1. The first-order valence-corrected chi connectivity index (χ1v) is 8.62. The van der Waals surface area contributed by atoms with Crippen LogP contribution in [0.25, 0.3) is 0 Å². The summed E-state index contributed by atoms with van der Waals surface area (Å²) < 4.78 is 7.75. The molecule has 0 aliphatic carbocycles. The smallest absolute Gasteiger partial charge is 0.193 e. The number of nitrogens with one attached hydrogen (secondary N) is 1. The normalized spacial score (nSPS) is 11.2. The molecule has 0 saturated heterocycles. The summed E-state index contributed by atoms with van der Waals surface area (Å²) in [5, 5.41) is 7.53. The highest BCUT2D eigenvalue weighted by Crippen LogP contribution is 2.25. The summed E-state index contributed by atoms with van der Waals surface area (Å²) in [6, 6.07) is 8.21. The molecule has 144 valence electrons. The van der Waals surface area contributed by atoms with Crippen LogP contribution in [0.5, 0.6) is 5.75 Å². The van der Waals surface area contributed by atoms with Gasteiger partial charge in [0.2, 0.25) is 0 Å². The maximum atomic E-state index is 5.95. The van der Waals surface area contributed by atoms with Gasteiger partial charge >= 0.3 is 0 Å². The summed E-state index contributed by atoms with van der Waals surface area (Å²) in [7, 11) is 5.72. The van der Waals surface area contributed by atoms with Crippen LogP contribution >= 0.6 is 24.0 Å². The molecule has 1 aromatic heterocycles. The highest BCUT2D eigenvalue weighted by Gasteiger charge is 2.09. The summed E-state index contributed by atoms with van der Waals surface area (Å²) in [5.41, 5.74) is 2.38. The minimum atomic E-state index is 0. The number of hydrogen-bond donors (Lipinski definition) is 1. The molecule has 0 saturated carbocycles. The van der Waals surface area contributed by atoms with E-state index in [0.29, 0.717) is 19.1 Å². The summed E-state index contributed by atoms with van der Waals surface area (Å²) in [5.74, 6) is 2.24. The molecule has 0 unspecified atom stereocenters. The largest absolute Gasteiger partial charge is 0.491 e. The maximum Gasteiger partial charge on any atom is 0.193 e. The lowest BCUT2D eigenvalue weighted by molar-refractivity contribution is 0.315. The van der Waals surface area contributed by atoms with Crippen LogP contribution in [-0.4, -0.2) is 47.9 Å². The van der Waals surface area contributed by atoms with Crippen molar-refractivity contribution in [2.45, 2.75) is 26.3 Å². The molecule has 0 bridgehead atoms. The van der Waals surface area contributed by atoms with Gasteiger partial charge < -0.3 is 15.0 Å². The predicted octanol–water partition coefficient (Wildman–Crippen LogP) is 3.25. The molecular formula is C19H30IN5O. The third-order valence-corrected chi connectivity index (χ3v) is 3.94. The molecule has 2 aromatic rings. The van der Waals surface area contributed by atoms with Crippen molar-refractivity contribution in [3.63, 3.8) is 0 Å². The van der Waals surface area contributed by atoms with Crippen LogP contribution in [-0.2, 0) is 13.6 Å². The van der Waals surface area contributed by atoms with Gasteiger partial charge in [-0.05, 0) is 17.5 Å². The van der Waals surface area contributed by atoms with Gasteiger partial charge in [0.15, 0.2) is 5.96 Å². The third-order valence-electron chi connectivity index (χ3n) is 3.94.